The zero-order chi connectivity index (χ0) is 14.8. The Hall–Kier alpha value is -1.39. The molecule has 0 unspecified atom stereocenters. The first kappa shape index (κ1) is 16.7. The molecule has 0 aliphatic rings. The van der Waals surface area contributed by atoms with Crippen LogP contribution in [0.4, 0.5) is 0 Å². The van der Waals surface area contributed by atoms with E-state index in [-0.39, 0.29) is 5.97 Å². The normalized spacial score (nSPS) is 10.8. The van der Waals surface area contributed by atoms with Gasteiger partial charge in [-0.3, -0.25) is 0 Å². The monoisotopic (exact) mass is 279 g/mol. The second kappa shape index (κ2) is 9.50. The summed E-state index contributed by atoms with van der Waals surface area (Å²) >= 11 is 0. The second-order valence-electron chi connectivity index (χ2n) is 5.04. The van der Waals surface area contributed by atoms with Crippen LogP contribution in [0, 0.1) is 0 Å². The summed E-state index contributed by atoms with van der Waals surface area (Å²) in [6.07, 6.45) is 2.15. The third-order valence-corrected chi connectivity index (χ3v) is 2.79. The molecule has 0 saturated heterocycles. The average Bonchev–Trinajstić information content (AvgIpc) is 2.42. The third kappa shape index (κ3) is 6.68. The first-order valence-corrected chi connectivity index (χ1v) is 7.12. The van der Waals surface area contributed by atoms with Crippen molar-refractivity contribution in [1.82, 2.24) is 4.90 Å². The van der Waals surface area contributed by atoms with Crippen LogP contribution in [0.15, 0.2) is 24.3 Å². The zero-order valence-electron chi connectivity index (χ0n) is 12.7. The summed E-state index contributed by atoms with van der Waals surface area (Å²) < 4.78 is 10.5. The Morgan fingerprint density at radius 3 is 2.40 bits per heavy atom. The number of unbranched alkanes of at least 4 members (excludes halogenated alkanes) is 1. The second-order valence-corrected chi connectivity index (χ2v) is 5.04. The van der Waals surface area contributed by atoms with Gasteiger partial charge in [-0.05, 0) is 38.2 Å². The predicted molar refractivity (Wildman–Crippen MR) is 79.8 cm³/mol. The Morgan fingerprint density at radius 2 is 1.80 bits per heavy atom. The number of ether oxygens (including phenoxy) is 2. The van der Waals surface area contributed by atoms with Crippen LogP contribution in [-0.2, 0) is 16.0 Å². The minimum absolute atomic E-state index is 0.291. The van der Waals surface area contributed by atoms with Crippen LogP contribution < -0.4 is 0 Å². The van der Waals surface area contributed by atoms with Gasteiger partial charge in [0.1, 0.15) is 6.61 Å². The van der Waals surface area contributed by atoms with E-state index in [4.69, 9.17) is 9.47 Å². The highest BCUT2D eigenvalue weighted by atomic mass is 16.6. The van der Waals surface area contributed by atoms with E-state index in [9.17, 15) is 4.79 Å². The average molecular weight is 279 g/mol. The fourth-order valence-corrected chi connectivity index (χ4v) is 1.74. The Balaban J connectivity index is 2.29. The lowest BCUT2D eigenvalue weighted by Crippen LogP contribution is -2.12. The van der Waals surface area contributed by atoms with Gasteiger partial charge < -0.3 is 14.4 Å². The molecule has 0 spiro atoms. The quantitative estimate of drug-likeness (QED) is 0.514. The van der Waals surface area contributed by atoms with Crippen LogP contribution in [0.3, 0.4) is 0 Å². The Labute approximate surface area is 121 Å². The molecule has 1 aromatic rings. The van der Waals surface area contributed by atoms with Crippen molar-refractivity contribution in [3.05, 3.63) is 35.4 Å². The molecule has 0 aromatic heterocycles. The van der Waals surface area contributed by atoms with E-state index in [2.05, 4.69) is 11.8 Å². The van der Waals surface area contributed by atoms with E-state index < -0.39 is 0 Å². The van der Waals surface area contributed by atoms with Gasteiger partial charge in [-0.15, -0.1) is 0 Å². The fourth-order valence-electron chi connectivity index (χ4n) is 1.74. The Bertz CT molecular complexity index is 387. The largest absolute Gasteiger partial charge is 0.460 e. The van der Waals surface area contributed by atoms with E-state index in [0.29, 0.717) is 18.8 Å². The lowest BCUT2D eigenvalue weighted by molar-refractivity contribution is 0.0314. The molecule has 0 aliphatic carbocycles. The van der Waals surface area contributed by atoms with Crippen molar-refractivity contribution < 1.29 is 14.3 Å². The number of rotatable bonds is 9. The summed E-state index contributed by atoms with van der Waals surface area (Å²) in [6, 6.07) is 7.51. The summed E-state index contributed by atoms with van der Waals surface area (Å²) in [4.78, 5) is 13.9. The molecule has 0 radical (unpaired) electrons. The maximum absolute atomic E-state index is 11.8. The maximum Gasteiger partial charge on any atom is 0.338 e. The summed E-state index contributed by atoms with van der Waals surface area (Å²) in [5.74, 6) is -0.291. The summed E-state index contributed by atoms with van der Waals surface area (Å²) in [5, 5.41) is 0. The van der Waals surface area contributed by atoms with Crippen LogP contribution in [0.25, 0.3) is 0 Å². The molecule has 0 aliphatic heterocycles. The molecule has 0 bridgehead atoms. The molecule has 0 fully saturated rings. The molecule has 1 aromatic carbocycles. The van der Waals surface area contributed by atoms with Crippen molar-refractivity contribution >= 4 is 5.97 Å². The number of carbonyl (C=O) groups is 1. The number of benzene rings is 1. The van der Waals surface area contributed by atoms with Crippen molar-refractivity contribution in [3.63, 3.8) is 0 Å². The lowest BCUT2D eigenvalue weighted by Gasteiger charge is -2.10. The number of carbonyl (C=O) groups excluding carboxylic acids is 1. The van der Waals surface area contributed by atoms with Crippen molar-refractivity contribution in [3.8, 4) is 0 Å². The molecule has 0 saturated carbocycles. The highest BCUT2D eigenvalue weighted by Crippen LogP contribution is 2.07. The minimum atomic E-state index is -0.291. The van der Waals surface area contributed by atoms with Gasteiger partial charge in [-0.1, -0.05) is 25.5 Å². The summed E-state index contributed by atoms with van der Waals surface area (Å²) in [6.45, 7) is 4.48. The molecule has 112 valence electrons. The van der Waals surface area contributed by atoms with Crippen LogP contribution >= 0.6 is 0 Å². The van der Waals surface area contributed by atoms with Crippen LogP contribution in [0.1, 0.15) is 35.7 Å². The highest BCUT2D eigenvalue weighted by molar-refractivity contribution is 5.89. The number of hydrogen-bond acceptors (Lipinski definition) is 4. The van der Waals surface area contributed by atoms with Gasteiger partial charge in [-0.25, -0.2) is 4.79 Å². The van der Waals surface area contributed by atoms with E-state index in [0.717, 1.165) is 26.0 Å². The molecule has 1 rings (SSSR count). The van der Waals surface area contributed by atoms with Gasteiger partial charge in [0.15, 0.2) is 0 Å². The molecular formula is C16H25NO3. The molecule has 0 heterocycles. The zero-order valence-corrected chi connectivity index (χ0v) is 12.7. The van der Waals surface area contributed by atoms with Gasteiger partial charge >= 0.3 is 5.97 Å². The van der Waals surface area contributed by atoms with Crippen molar-refractivity contribution in [2.75, 3.05) is 33.9 Å². The highest BCUT2D eigenvalue weighted by Gasteiger charge is 2.06. The van der Waals surface area contributed by atoms with Crippen LogP contribution in [0.2, 0.25) is 0 Å². The Kier molecular flexibility index (Phi) is 7.92. The van der Waals surface area contributed by atoms with Crippen LogP contribution in [-0.4, -0.2) is 44.8 Å². The van der Waals surface area contributed by atoms with Gasteiger partial charge in [-0.2, -0.15) is 0 Å². The third-order valence-electron chi connectivity index (χ3n) is 2.79. The summed E-state index contributed by atoms with van der Waals surface area (Å²) in [5.41, 5.74) is 1.76. The fraction of sp³-hybridized carbons (Fsp3) is 0.562. The summed E-state index contributed by atoms with van der Waals surface area (Å²) in [7, 11) is 4.03. The molecule has 4 nitrogen and oxygen atoms in total. The van der Waals surface area contributed by atoms with Crippen molar-refractivity contribution in [2.45, 2.75) is 26.3 Å². The molecule has 0 N–H and O–H groups in total. The molecule has 0 atom stereocenters. The van der Waals surface area contributed by atoms with E-state index >= 15 is 0 Å². The topological polar surface area (TPSA) is 38.8 Å². The van der Waals surface area contributed by atoms with Crippen molar-refractivity contribution in [1.29, 1.82) is 0 Å². The number of esters is 1. The lowest BCUT2D eigenvalue weighted by atomic mass is 10.1. The SMILES string of the molecule is CCCCOCCOC(=O)c1ccc(CN(C)C)cc1. The molecular weight excluding hydrogens is 254 g/mol. The number of hydrogen-bond donors (Lipinski definition) is 0. The standard InChI is InChI=1S/C16H25NO3/c1-4-5-10-19-11-12-20-16(18)15-8-6-14(7-9-15)13-17(2)3/h6-9H,4-5,10-13H2,1-3H3. The smallest absolute Gasteiger partial charge is 0.338 e. The van der Waals surface area contributed by atoms with E-state index in [1.165, 1.54) is 5.56 Å². The predicted octanol–water partition coefficient (Wildman–Crippen LogP) is 2.72. The maximum atomic E-state index is 11.8. The van der Waals surface area contributed by atoms with Gasteiger partial charge in [0.25, 0.3) is 0 Å². The first-order valence-electron chi connectivity index (χ1n) is 7.12. The van der Waals surface area contributed by atoms with Gasteiger partial charge in [0, 0.05) is 13.2 Å². The minimum Gasteiger partial charge on any atom is -0.460 e. The van der Waals surface area contributed by atoms with Gasteiger partial charge in [0.05, 0.1) is 12.2 Å². The molecule has 20 heavy (non-hydrogen) atoms. The van der Waals surface area contributed by atoms with Crippen molar-refractivity contribution in [2.24, 2.45) is 0 Å². The van der Waals surface area contributed by atoms with Crippen LogP contribution in [0.5, 0.6) is 0 Å². The van der Waals surface area contributed by atoms with E-state index in [1.54, 1.807) is 12.1 Å². The van der Waals surface area contributed by atoms with E-state index in [1.807, 2.05) is 26.2 Å². The first-order chi connectivity index (χ1) is 9.63. The van der Waals surface area contributed by atoms with Gasteiger partial charge in [0.2, 0.25) is 0 Å². The molecule has 4 heteroatoms. The molecule has 0 amide bonds. The Morgan fingerprint density at radius 1 is 1.10 bits per heavy atom. The number of nitrogens with zero attached hydrogens (tertiary/aromatic N) is 1.